The molecule has 0 aliphatic carbocycles. The van der Waals surface area contributed by atoms with Crippen molar-refractivity contribution in [3.63, 3.8) is 0 Å². The maximum Gasteiger partial charge on any atom is 0.421 e. The van der Waals surface area contributed by atoms with Gasteiger partial charge >= 0.3 is 12.1 Å². The van der Waals surface area contributed by atoms with Gasteiger partial charge in [0.15, 0.2) is 17.4 Å². The summed E-state index contributed by atoms with van der Waals surface area (Å²) < 4.78 is 66.5. The first-order valence-corrected chi connectivity index (χ1v) is 10.8. The van der Waals surface area contributed by atoms with Gasteiger partial charge in [0.25, 0.3) is 5.56 Å². The SMILES string of the molecule is COc1ccc(Cn2nc(N3C[C@@H](Oc4ccccc4F)C[C@H]3C(=O)O)cc(C(F)(F)F)c2=O)cc1. The lowest BCUT2D eigenvalue weighted by Crippen LogP contribution is -2.39. The third kappa shape index (κ3) is 5.26. The van der Waals surface area contributed by atoms with Crippen LogP contribution in [0.5, 0.6) is 11.5 Å². The quantitative estimate of drug-likeness (QED) is 0.489. The highest BCUT2D eigenvalue weighted by Gasteiger charge is 2.42. The maximum absolute atomic E-state index is 14.0. The second-order valence-electron chi connectivity index (χ2n) is 8.14. The summed E-state index contributed by atoms with van der Waals surface area (Å²) in [6, 6.07) is 11.1. The predicted octanol–water partition coefficient (Wildman–Crippen LogP) is 3.57. The van der Waals surface area contributed by atoms with E-state index in [2.05, 4.69) is 5.10 Å². The van der Waals surface area contributed by atoms with Crippen LogP contribution in [0.15, 0.2) is 59.4 Å². The summed E-state index contributed by atoms with van der Waals surface area (Å²) in [7, 11) is 1.46. The summed E-state index contributed by atoms with van der Waals surface area (Å²) in [6.45, 7) is -0.475. The average molecular weight is 507 g/mol. The molecule has 3 aromatic rings. The molecule has 0 radical (unpaired) electrons. The van der Waals surface area contributed by atoms with Gasteiger partial charge in [-0.05, 0) is 29.8 Å². The zero-order valence-corrected chi connectivity index (χ0v) is 18.9. The number of rotatable bonds is 7. The Morgan fingerprint density at radius 3 is 2.47 bits per heavy atom. The summed E-state index contributed by atoms with van der Waals surface area (Å²) in [5.41, 5.74) is -2.37. The minimum atomic E-state index is -5.00. The van der Waals surface area contributed by atoms with E-state index in [1.807, 2.05) is 0 Å². The van der Waals surface area contributed by atoms with E-state index in [0.717, 1.165) is 4.90 Å². The van der Waals surface area contributed by atoms with Crippen molar-refractivity contribution in [2.45, 2.75) is 31.3 Å². The number of carbonyl (C=O) groups is 1. The van der Waals surface area contributed by atoms with Crippen LogP contribution >= 0.6 is 0 Å². The van der Waals surface area contributed by atoms with Gasteiger partial charge in [-0.1, -0.05) is 24.3 Å². The number of anilines is 1. The number of benzene rings is 2. The number of alkyl halides is 3. The van der Waals surface area contributed by atoms with Crippen LogP contribution in [-0.4, -0.2) is 46.7 Å². The predicted molar refractivity (Wildman–Crippen MR) is 120 cm³/mol. The van der Waals surface area contributed by atoms with Crippen molar-refractivity contribution in [2.75, 3.05) is 18.6 Å². The summed E-state index contributed by atoms with van der Waals surface area (Å²) in [6.07, 6.45) is -5.98. The van der Waals surface area contributed by atoms with Crippen LogP contribution < -0.4 is 19.9 Å². The fourth-order valence-electron chi connectivity index (χ4n) is 3.97. The van der Waals surface area contributed by atoms with Crippen molar-refractivity contribution in [1.82, 2.24) is 9.78 Å². The molecule has 8 nitrogen and oxygen atoms in total. The molecule has 1 saturated heterocycles. The first-order valence-electron chi connectivity index (χ1n) is 10.8. The van der Waals surface area contributed by atoms with E-state index < -0.39 is 41.2 Å². The van der Waals surface area contributed by atoms with Crippen LogP contribution in [0.1, 0.15) is 17.5 Å². The molecular weight excluding hydrogens is 486 g/mol. The summed E-state index contributed by atoms with van der Waals surface area (Å²) in [4.78, 5) is 25.7. The second-order valence-corrected chi connectivity index (χ2v) is 8.14. The average Bonchev–Trinajstić information content (AvgIpc) is 3.26. The van der Waals surface area contributed by atoms with Gasteiger partial charge in [0.05, 0.1) is 20.2 Å². The third-order valence-electron chi connectivity index (χ3n) is 5.73. The highest BCUT2D eigenvalue weighted by molar-refractivity contribution is 5.78. The van der Waals surface area contributed by atoms with Gasteiger partial charge in [-0.15, -0.1) is 0 Å². The van der Waals surface area contributed by atoms with E-state index in [1.165, 1.54) is 31.4 Å². The van der Waals surface area contributed by atoms with Gasteiger partial charge in [-0.25, -0.2) is 13.9 Å². The molecule has 2 atom stereocenters. The smallest absolute Gasteiger partial charge is 0.421 e. The number of halogens is 4. The van der Waals surface area contributed by atoms with Crippen LogP contribution in [-0.2, 0) is 17.5 Å². The molecule has 0 saturated carbocycles. The molecular formula is C24H21F4N3O5. The number of hydrogen-bond donors (Lipinski definition) is 1. The highest BCUT2D eigenvalue weighted by atomic mass is 19.4. The molecule has 1 aromatic heterocycles. The number of nitrogens with zero attached hydrogens (tertiary/aromatic N) is 3. The van der Waals surface area contributed by atoms with E-state index in [1.54, 1.807) is 24.3 Å². The molecule has 2 heterocycles. The van der Waals surface area contributed by atoms with Crippen molar-refractivity contribution in [3.05, 3.63) is 81.9 Å². The Labute approximate surface area is 202 Å². The summed E-state index contributed by atoms with van der Waals surface area (Å²) in [5, 5.41) is 13.8. The first kappa shape index (κ1) is 25.0. The molecule has 1 aliphatic rings. The lowest BCUT2D eigenvalue weighted by Gasteiger charge is -2.24. The first-order chi connectivity index (χ1) is 17.1. The largest absolute Gasteiger partial charge is 0.497 e. The van der Waals surface area contributed by atoms with Crippen LogP contribution in [0.2, 0.25) is 0 Å². The Hall–Kier alpha value is -4.09. The van der Waals surface area contributed by atoms with Gasteiger partial charge in [0.2, 0.25) is 0 Å². The molecule has 0 spiro atoms. The number of carboxylic acids is 1. The number of hydrogen-bond acceptors (Lipinski definition) is 6. The standard InChI is InChI=1S/C24H21F4N3O5/c1-35-15-8-6-14(7-9-15)12-31-22(32)17(24(26,27)28)11-21(29-31)30-13-16(10-19(30)23(33)34)36-20-5-3-2-4-18(20)25/h2-9,11,16,19H,10,12-13H2,1H3,(H,33,34)/t16-,19-/m0/s1. The molecule has 4 rings (SSSR count). The molecule has 12 heteroatoms. The number of aromatic nitrogens is 2. The zero-order valence-electron chi connectivity index (χ0n) is 18.9. The maximum atomic E-state index is 14.0. The van der Waals surface area contributed by atoms with Crippen LogP contribution in [0.4, 0.5) is 23.4 Å². The number of ether oxygens (including phenoxy) is 2. The minimum Gasteiger partial charge on any atom is -0.497 e. The summed E-state index contributed by atoms with van der Waals surface area (Å²) >= 11 is 0. The van der Waals surface area contributed by atoms with Gasteiger partial charge in [0.1, 0.15) is 23.5 Å². The molecule has 2 aromatic carbocycles. The molecule has 1 N–H and O–H groups in total. The van der Waals surface area contributed by atoms with E-state index in [-0.39, 0.29) is 31.1 Å². The van der Waals surface area contributed by atoms with Gasteiger partial charge < -0.3 is 19.5 Å². The molecule has 0 unspecified atom stereocenters. The van der Waals surface area contributed by atoms with Gasteiger partial charge in [-0.3, -0.25) is 4.79 Å². The lowest BCUT2D eigenvalue weighted by molar-refractivity contribution is -0.139. The van der Waals surface area contributed by atoms with Crippen molar-refractivity contribution in [2.24, 2.45) is 0 Å². The summed E-state index contributed by atoms with van der Waals surface area (Å²) in [5.74, 6) is -1.93. The van der Waals surface area contributed by atoms with E-state index in [9.17, 15) is 32.3 Å². The van der Waals surface area contributed by atoms with Crippen molar-refractivity contribution >= 4 is 11.8 Å². The zero-order chi connectivity index (χ0) is 26.0. The molecule has 190 valence electrons. The third-order valence-corrected chi connectivity index (χ3v) is 5.73. The second kappa shape index (κ2) is 9.88. The highest BCUT2D eigenvalue weighted by Crippen LogP contribution is 2.32. The Morgan fingerprint density at radius 1 is 1.17 bits per heavy atom. The number of carboxylic acid groups (broad SMARTS) is 1. The lowest BCUT2D eigenvalue weighted by atomic mass is 10.2. The monoisotopic (exact) mass is 507 g/mol. The number of methoxy groups -OCH3 is 1. The number of para-hydroxylation sites is 1. The van der Waals surface area contributed by atoms with Crippen LogP contribution in [0.25, 0.3) is 0 Å². The van der Waals surface area contributed by atoms with E-state index >= 15 is 0 Å². The topological polar surface area (TPSA) is 93.9 Å². The molecule has 0 bridgehead atoms. The molecule has 0 amide bonds. The fraction of sp³-hybridized carbons (Fsp3) is 0.292. The van der Waals surface area contributed by atoms with Crippen LogP contribution in [0.3, 0.4) is 0 Å². The van der Waals surface area contributed by atoms with E-state index in [4.69, 9.17) is 9.47 Å². The van der Waals surface area contributed by atoms with E-state index in [0.29, 0.717) is 22.1 Å². The van der Waals surface area contributed by atoms with Gasteiger partial charge in [0, 0.05) is 12.5 Å². The van der Waals surface area contributed by atoms with Crippen molar-refractivity contribution < 1.29 is 36.9 Å². The molecule has 1 fully saturated rings. The molecule has 36 heavy (non-hydrogen) atoms. The van der Waals surface area contributed by atoms with Crippen LogP contribution in [0, 0.1) is 5.82 Å². The minimum absolute atomic E-state index is 0.109. The fourth-order valence-corrected chi connectivity index (χ4v) is 3.97. The Morgan fingerprint density at radius 2 is 1.86 bits per heavy atom. The normalized spacial score (nSPS) is 17.8. The van der Waals surface area contributed by atoms with Crippen molar-refractivity contribution in [1.29, 1.82) is 0 Å². The van der Waals surface area contributed by atoms with Gasteiger partial charge in [-0.2, -0.15) is 18.3 Å². The number of aliphatic carboxylic acids is 1. The molecule has 1 aliphatic heterocycles. The Bertz CT molecular complexity index is 1310. The Kier molecular flexibility index (Phi) is 6.86. The Balaban J connectivity index is 1.71. The van der Waals surface area contributed by atoms with Crippen molar-refractivity contribution in [3.8, 4) is 11.5 Å².